The summed E-state index contributed by atoms with van der Waals surface area (Å²) in [5, 5.41) is 9.90. The molecule has 0 rings (SSSR count). The first-order chi connectivity index (χ1) is 10.7. The number of alkyl halides is 1. The van der Waals surface area contributed by atoms with Gasteiger partial charge in [-0.1, -0.05) is 90.9 Å². The van der Waals surface area contributed by atoms with Crippen LogP contribution in [0.3, 0.4) is 0 Å². The Kier molecular flexibility index (Phi) is 17.2. The van der Waals surface area contributed by atoms with Crippen LogP contribution in [0.1, 0.15) is 117 Å². The van der Waals surface area contributed by atoms with E-state index in [-0.39, 0.29) is 6.10 Å². The van der Waals surface area contributed by atoms with Gasteiger partial charge in [0.25, 0.3) is 0 Å². The molecule has 0 aromatic heterocycles. The van der Waals surface area contributed by atoms with Crippen molar-refractivity contribution in [3.8, 4) is 0 Å². The Morgan fingerprint density at radius 3 is 1.64 bits per heavy atom. The predicted octanol–water partition coefficient (Wildman–Crippen LogP) is 6.97. The molecule has 0 fully saturated rings. The van der Waals surface area contributed by atoms with E-state index in [1.165, 1.54) is 51.4 Å². The maximum absolute atomic E-state index is 13.6. The molecule has 0 spiro atoms. The van der Waals surface area contributed by atoms with Crippen LogP contribution in [0.5, 0.6) is 0 Å². The van der Waals surface area contributed by atoms with Gasteiger partial charge in [-0.3, -0.25) is 0 Å². The quantitative estimate of drug-likeness (QED) is 0.287. The molecule has 0 heterocycles. The lowest BCUT2D eigenvalue weighted by molar-refractivity contribution is 0.133. The van der Waals surface area contributed by atoms with Gasteiger partial charge in [0.2, 0.25) is 0 Å². The van der Waals surface area contributed by atoms with Crippen molar-refractivity contribution < 1.29 is 9.50 Å². The van der Waals surface area contributed by atoms with Crippen molar-refractivity contribution in [1.29, 1.82) is 0 Å². The zero-order chi connectivity index (χ0) is 16.5. The average molecular weight is 317 g/mol. The highest BCUT2D eigenvalue weighted by Crippen LogP contribution is 2.16. The molecule has 2 atom stereocenters. The van der Waals surface area contributed by atoms with E-state index >= 15 is 0 Å². The average Bonchev–Trinajstić information content (AvgIpc) is 2.51. The van der Waals surface area contributed by atoms with Crippen LogP contribution in [0.15, 0.2) is 0 Å². The summed E-state index contributed by atoms with van der Waals surface area (Å²) in [4.78, 5) is 0. The molecule has 134 valence electrons. The summed E-state index contributed by atoms with van der Waals surface area (Å²) in [6, 6.07) is 0. The minimum Gasteiger partial charge on any atom is -0.393 e. The maximum atomic E-state index is 13.6. The number of aliphatic hydroxyl groups excluding tert-OH is 1. The normalized spacial score (nSPS) is 14.2. The lowest BCUT2D eigenvalue weighted by Gasteiger charge is -2.12. The van der Waals surface area contributed by atoms with E-state index in [1.807, 2.05) is 0 Å². The van der Waals surface area contributed by atoms with E-state index in [4.69, 9.17) is 0 Å². The van der Waals surface area contributed by atoms with Gasteiger partial charge >= 0.3 is 0 Å². The van der Waals surface area contributed by atoms with Gasteiger partial charge < -0.3 is 5.11 Å². The summed E-state index contributed by atoms with van der Waals surface area (Å²) in [5.74, 6) is 0. The second kappa shape index (κ2) is 17.2. The minimum atomic E-state index is -0.704. The number of hydrogen-bond donors (Lipinski definition) is 1. The SMILES string of the molecule is CCCCCCCCCCCC(O)CCC(F)CCCCC. The predicted molar refractivity (Wildman–Crippen MR) is 96.1 cm³/mol. The standard InChI is InChI=1S/C20H41FO/c1-3-5-7-8-9-10-11-12-14-16-20(22)18-17-19(21)15-13-6-4-2/h19-20,22H,3-18H2,1-2H3. The van der Waals surface area contributed by atoms with E-state index < -0.39 is 6.17 Å². The first-order valence-corrected chi connectivity index (χ1v) is 10.0. The third-order valence-corrected chi connectivity index (χ3v) is 4.57. The molecule has 2 unspecified atom stereocenters. The van der Waals surface area contributed by atoms with Crippen molar-refractivity contribution in [3.05, 3.63) is 0 Å². The van der Waals surface area contributed by atoms with Crippen LogP contribution in [0.2, 0.25) is 0 Å². The Morgan fingerprint density at radius 2 is 1.05 bits per heavy atom. The Morgan fingerprint density at radius 1 is 0.591 bits per heavy atom. The van der Waals surface area contributed by atoms with Crippen molar-refractivity contribution in [2.45, 2.75) is 129 Å². The van der Waals surface area contributed by atoms with Crippen LogP contribution in [0.25, 0.3) is 0 Å². The highest BCUT2D eigenvalue weighted by atomic mass is 19.1. The molecule has 2 heteroatoms. The zero-order valence-corrected chi connectivity index (χ0v) is 15.3. The van der Waals surface area contributed by atoms with E-state index in [1.54, 1.807) is 0 Å². The van der Waals surface area contributed by atoms with E-state index in [0.717, 1.165) is 32.1 Å². The first kappa shape index (κ1) is 21.9. The number of aliphatic hydroxyl groups is 1. The van der Waals surface area contributed by atoms with Crippen molar-refractivity contribution in [2.24, 2.45) is 0 Å². The minimum absolute atomic E-state index is 0.283. The van der Waals surface area contributed by atoms with E-state index in [9.17, 15) is 9.50 Å². The topological polar surface area (TPSA) is 20.2 Å². The van der Waals surface area contributed by atoms with Crippen LogP contribution < -0.4 is 0 Å². The van der Waals surface area contributed by atoms with Crippen molar-refractivity contribution in [3.63, 3.8) is 0 Å². The smallest absolute Gasteiger partial charge is 0.100 e. The van der Waals surface area contributed by atoms with Crippen LogP contribution in [-0.2, 0) is 0 Å². The van der Waals surface area contributed by atoms with Gasteiger partial charge in [0, 0.05) is 0 Å². The fourth-order valence-corrected chi connectivity index (χ4v) is 2.97. The number of halogens is 1. The molecular weight excluding hydrogens is 275 g/mol. The molecule has 0 aromatic carbocycles. The molecule has 0 aliphatic carbocycles. The summed E-state index contributed by atoms with van der Waals surface area (Å²) in [5.41, 5.74) is 0. The van der Waals surface area contributed by atoms with Crippen LogP contribution in [-0.4, -0.2) is 17.4 Å². The summed E-state index contributed by atoms with van der Waals surface area (Å²) >= 11 is 0. The molecule has 1 N–H and O–H groups in total. The van der Waals surface area contributed by atoms with Gasteiger partial charge in [-0.05, 0) is 25.7 Å². The Balaban J connectivity index is 3.26. The van der Waals surface area contributed by atoms with Crippen molar-refractivity contribution in [2.75, 3.05) is 0 Å². The van der Waals surface area contributed by atoms with Crippen molar-refractivity contribution >= 4 is 0 Å². The molecule has 0 saturated carbocycles. The summed E-state index contributed by atoms with van der Waals surface area (Å²) in [6.07, 6.45) is 16.8. The Hall–Kier alpha value is -0.110. The number of hydrogen-bond acceptors (Lipinski definition) is 1. The molecule has 22 heavy (non-hydrogen) atoms. The van der Waals surface area contributed by atoms with Gasteiger partial charge in [-0.25, -0.2) is 4.39 Å². The van der Waals surface area contributed by atoms with E-state index in [2.05, 4.69) is 13.8 Å². The Bertz CT molecular complexity index is 208. The van der Waals surface area contributed by atoms with Crippen LogP contribution in [0, 0.1) is 0 Å². The molecule has 0 radical (unpaired) electrons. The summed E-state index contributed by atoms with van der Waals surface area (Å²) in [7, 11) is 0. The van der Waals surface area contributed by atoms with Gasteiger partial charge in [-0.15, -0.1) is 0 Å². The molecule has 0 aliphatic heterocycles. The lowest BCUT2D eigenvalue weighted by atomic mass is 10.0. The maximum Gasteiger partial charge on any atom is 0.100 e. The summed E-state index contributed by atoms with van der Waals surface area (Å²) in [6.45, 7) is 4.39. The van der Waals surface area contributed by atoms with Gasteiger partial charge in [-0.2, -0.15) is 0 Å². The molecular formula is C20H41FO. The van der Waals surface area contributed by atoms with Gasteiger partial charge in [0.15, 0.2) is 0 Å². The summed E-state index contributed by atoms with van der Waals surface area (Å²) < 4.78 is 13.6. The van der Waals surface area contributed by atoms with Crippen LogP contribution in [0.4, 0.5) is 4.39 Å². The largest absolute Gasteiger partial charge is 0.393 e. The fourth-order valence-electron chi connectivity index (χ4n) is 2.97. The third-order valence-electron chi connectivity index (χ3n) is 4.57. The molecule has 0 amide bonds. The molecule has 0 aliphatic rings. The number of rotatable bonds is 17. The first-order valence-electron chi connectivity index (χ1n) is 10.0. The zero-order valence-electron chi connectivity index (χ0n) is 15.3. The fraction of sp³-hybridized carbons (Fsp3) is 1.00. The molecule has 0 bridgehead atoms. The second-order valence-corrected chi connectivity index (χ2v) is 6.94. The van der Waals surface area contributed by atoms with E-state index in [0.29, 0.717) is 19.3 Å². The number of unbranched alkanes of at least 4 members (excludes halogenated alkanes) is 10. The highest BCUT2D eigenvalue weighted by molar-refractivity contribution is 4.63. The molecule has 0 aromatic rings. The Labute approximate surface area is 139 Å². The van der Waals surface area contributed by atoms with Gasteiger partial charge in [0.05, 0.1) is 6.10 Å². The second-order valence-electron chi connectivity index (χ2n) is 6.94. The van der Waals surface area contributed by atoms with Gasteiger partial charge in [0.1, 0.15) is 6.17 Å². The lowest BCUT2D eigenvalue weighted by Crippen LogP contribution is -2.10. The monoisotopic (exact) mass is 316 g/mol. The third kappa shape index (κ3) is 16.3. The highest BCUT2D eigenvalue weighted by Gasteiger charge is 2.10. The van der Waals surface area contributed by atoms with Crippen molar-refractivity contribution in [1.82, 2.24) is 0 Å². The molecule has 1 nitrogen and oxygen atoms in total. The van der Waals surface area contributed by atoms with Crippen LogP contribution >= 0.6 is 0 Å². The molecule has 0 saturated heterocycles.